The van der Waals surface area contributed by atoms with Crippen LogP contribution in [0.4, 0.5) is 0 Å². The second kappa shape index (κ2) is 13.4. The first-order valence-electron chi connectivity index (χ1n) is 8.45. The van der Waals surface area contributed by atoms with Crippen LogP contribution in [0.25, 0.3) is 0 Å². The van der Waals surface area contributed by atoms with Gasteiger partial charge in [0.25, 0.3) is 0 Å². The molecule has 0 aromatic heterocycles. The van der Waals surface area contributed by atoms with Crippen molar-refractivity contribution in [3.63, 3.8) is 0 Å². The van der Waals surface area contributed by atoms with Crippen LogP contribution in [0.3, 0.4) is 0 Å². The van der Waals surface area contributed by atoms with Crippen molar-refractivity contribution in [2.75, 3.05) is 53.0 Å². The van der Waals surface area contributed by atoms with Crippen molar-refractivity contribution in [1.29, 1.82) is 0 Å². The van der Waals surface area contributed by atoms with E-state index < -0.39 is 0 Å². The van der Waals surface area contributed by atoms with Crippen molar-refractivity contribution in [1.82, 2.24) is 15.1 Å². The summed E-state index contributed by atoms with van der Waals surface area (Å²) < 4.78 is 5.51. The molecule has 6 nitrogen and oxygen atoms in total. The van der Waals surface area contributed by atoms with E-state index in [9.17, 15) is 4.79 Å². The molecule has 1 N–H and O–H groups in total. The van der Waals surface area contributed by atoms with Crippen LogP contribution in [0.1, 0.15) is 40.5 Å². The quantitative estimate of drug-likeness (QED) is 0.357. The minimum absolute atomic E-state index is 0.122. The largest absolute Gasteiger partial charge is 0.380 e. The van der Waals surface area contributed by atoms with Crippen LogP contribution >= 0.6 is 0 Å². The summed E-state index contributed by atoms with van der Waals surface area (Å²) in [4.78, 5) is 20.4. The second-order valence-electron chi connectivity index (χ2n) is 5.12. The van der Waals surface area contributed by atoms with Gasteiger partial charge in [-0.1, -0.05) is 13.3 Å². The molecule has 130 valence electrons. The van der Waals surface area contributed by atoms with Gasteiger partial charge in [0.2, 0.25) is 5.91 Å². The summed E-state index contributed by atoms with van der Waals surface area (Å²) >= 11 is 0. The SMILES string of the molecule is CCCCOCCN=C(NCC)N(C)CC(=O)N(CC)CC. The van der Waals surface area contributed by atoms with E-state index >= 15 is 0 Å². The highest BCUT2D eigenvalue weighted by molar-refractivity contribution is 5.86. The summed E-state index contributed by atoms with van der Waals surface area (Å²) in [7, 11) is 1.89. The van der Waals surface area contributed by atoms with Crippen molar-refractivity contribution < 1.29 is 9.53 Å². The molecule has 0 heterocycles. The Balaban J connectivity index is 4.36. The lowest BCUT2D eigenvalue weighted by atomic mass is 10.4. The molecule has 0 aliphatic carbocycles. The number of amides is 1. The Hall–Kier alpha value is -1.30. The zero-order valence-corrected chi connectivity index (χ0v) is 15.0. The van der Waals surface area contributed by atoms with Crippen molar-refractivity contribution in [3.8, 4) is 0 Å². The van der Waals surface area contributed by atoms with Gasteiger partial charge in [-0.2, -0.15) is 0 Å². The molecule has 0 aliphatic rings. The topological polar surface area (TPSA) is 57.2 Å². The van der Waals surface area contributed by atoms with E-state index in [0.717, 1.165) is 45.0 Å². The molecule has 0 aromatic rings. The maximum Gasteiger partial charge on any atom is 0.242 e. The molecular weight excluding hydrogens is 280 g/mol. The summed E-state index contributed by atoms with van der Waals surface area (Å²) in [5.74, 6) is 0.874. The zero-order chi connectivity index (χ0) is 16.8. The van der Waals surface area contributed by atoms with E-state index in [1.165, 1.54) is 0 Å². The third-order valence-corrected chi connectivity index (χ3v) is 3.32. The summed E-state index contributed by atoms with van der Waals surface area (Å²) in [6.45, 7) is 12.8. The molecule has 0 saturated heterocycles. The fraction of sp³-hybridized carbons (Fsp3) is 0.875. The van der Waals surface area contributed by atoms with Gasteiger partial charge in [-0.15, -0.1) is 0 Å². The van der Waals surface area contributed by atoms with Crippen molar-refractivity contribution >= 4 is 11.9 Å². The minimum atomic E-state index is 0.122. The maximum absolute atomic E-state index is 12.1. The van der Waals surface area contributed by atoms with Crippen LogP contribution < -0.4 is 5.32 Å². The van der Waals surface area contributed by atoms with Crippen LogP contribution in [-0.2, 0) is 9.53 Å². The van der Waals surface area contributed by atoms with Crippen LogP contribution in [0, 0.1) is 0 Å². The van der Waals surface area contributed by atoms with Gasteiger partial charge in [0.05, 0.1) is 19.7 Å². The number of nitrogens with zero attached hydrogens (tertiary/aromatic N) is 3. The number of likely N-dealkylation sites (N-methyl/N-ethyl adjacent to an activating group) is 2. The van der Waals surface area contributed by atoms with Crippen LogP contribution in [0.15, 0.2) is 4.99 Å². The lowest BCUT2D eigenvalue weighted by Gasteiger charge is -2.25. The van der Waals surface area contributed by atoms with Crippen molar-refractivity contribution in [3.05, 3.63) is 0 Å². The molecule has 0 radical (unpaired) electrons. The van der Waals surface area contributed by atoms with Crippen molar-refractivity contribution in [2.45, 2.75) is 40.5 Å². The second-order valence-corrected chi connectivity index (χ2v) is 5.12. The Labute approximate surface area is 135 Å². The average molecular weight is 314 g/mol. The van der Waals surface area contributed by atoms with Gasteiger partial charge in [-0.05, 0) is 27.2 Å². The first-order chi connectivity index (χ1) is 10.6. The van der Waals surface area contributed by atoms with Gasteiger partial charge in [-0.25, -0.2) is 0 Å². The predicted molar refractivity (Wildman–Crippen MR) is 92.3 cm³/mol. The molecule has 0 fully saturated rings. The van der Waals surface area contributed by atoms with Gasteiger partial charge in [-0.3, -0.25) is 9.79 Å². The number of carbonyl (C=O) groups excluding carboxylic acids is 1. The van der Waals surface area contributed by atoms with Gasteiger partial charge in [0, 0.05) is 33.3 Å². The van der Waals surface area contributed by atoms with Gasteiger partial charge in [0.15, 0.2) is 5.96 Å². The number of carbonyl (C=O) groups is 1. The number of hydrogen-bond acceptors (Lipinski definition) is 3. The van der Waals surface area contributed by atoms with Gasteiger partial charge >= 0.3 is 0 Å². The molecule has 0 atom stereocenters. The number of ether oxygens (including phenoxy) is 1. The number of unbranched alkanes of at least 4 members (excludes halogenated alkanes) is 1. The molecular formula is C16H34N4O2. The fourth-order valence-corrected chi connectivity index (χ4v) is 1.99. The Kier molecular flexibility index (Phi) is 12.6. The standard InChI is InChI=1S/C16H34N4O2/c1-6-10-12-22-13-11-18-16(17-7-2)19(5)14-15(21)20(8-3)9-4/h6-14H2,1-5H3,(H,17,18). The lowest BCUT2D eigenvalue weighted by molar-refractivity contribution is -0.131. The number of hydrogen-bond donors (Lipinski definition) is 1. The van der Waals surface area contributed by atoms with Gasteiger partial charge < -0.3 is 19.9 Å². The maximum atomic E-state index is 12.1. The smallest absolute Gasteiger partial charge is 0.242 e. The van der Waals surface area contributed by atoms with E-state index in [-0.39, 0.29) is 5.91 Å². The Morgan fingerprint density at radius 2 is 1.82 bits per heavy atom. The van der Waals surface area contributed by atoms with Crippen molar-refractivity contribution in [2.24, 2.45) is 4.99 Å². The third kappa shape index (κ3) is 8.87. The van der Waals surface area contributed by atoms with E-state index in [1.54, 1.807) is 0 Å². The highest BCUT2D eigenvalue weighted by atomic mass is 16.5. The average Bonchev–Trinajstić information content (AvgIpc) is 2.50. The molecule has 0 unspecified atom stereocenters. The molecule has 1 amide bonds. The Bertz CT molecular complexity index is 317. The number of nitrogens with one attached hydrogen (secondary N) is 1. The minimum Gasteiger partial charge on any atom is -0.380 e. The Morgan fingerprint density at radius 1 is 1.14 bits per heavy atom. The van der Waals surface area contributed by atoms with E-state index in [1.807, 2.05) is 37.6 Å². The zero-order valence-electron chi connectivity index (χ0n) is 15.0. The summed E-state index contributed by atoms with van der Waals surface area (Å²) in [5, 5.41) is 3.21. The molecule has 0 bridgehead atoms. The third-order valence-electron chi connectivity index (χ3n) is 3.32. The molecule has 0 aliphatic heterocycles. The molecule has 0 spiro atoms. The first-order valence-corrected chi connectivity index (χ1v) is 8.45. The highest BCUT2D eigenvalue weighted by Gasteiger charge is 2.14. The van der Waals surface area contributed by atoms with E-state index in [4.69, 9.17) is 4.74 Å². The van der Waals surface area contributed by atoms with E-state index in [0.29, 0.717) is 19.7 Å². The summed E-state index contributed by atoms with van der Waals surface area (Å²) in [6.07, 6.45) is 2.23. The lowest BCUT2D eigenvalue weighted by Crippen LogP contribution is -2.45. The Morgan fingerprint density at radius 3 is 2.36 bits per heavy atom. The molecule has 22 heavy (non-hydrogen) atoms. The fourth-order valence-electron chi connectivity index (χ4n) is 1.99. The monoisotopic (exact) mass is 314 g/mol. The number of rotatable bonds is 11. The number of guanidine groups is 1. The van der Waals surface area contributed by atoms with Crippen LogP contribution in [0.2, 0.25) is 0 Å². The molecule has 0 aromatic carbocycles. The van der Waals surface area contributed by atoms with Crippen LogP contribution in [0.5, 0.6) is 0 Å². The van der Waals surface area contributed by atoms with Gasteiger partial charge in [0.1, 0.15) is 0 Å². The normalized spacial score (nSPS) is 11.4. The van der Waals surface area contributed by atoms with Crippen LogP contribution in [-0.4, -0.2) is 74.7 Å². The predicted octanol–water partition coefficient (Wildman–Crippen LogP) is 1.57. The highest BCUT2D eigenvalue weighted by Crippen LogP contribution is 1.94. The summed E-state index contributed by atoms with van der Waals surface area (Å²) in [6, 6.07) is 0. The molecule has 0 rings (SSSR count). The number of aliphatic imine (C=N–C) groups is 1. The molecule has 6 heteroatoms. The first kappa shape index (κ1) is 20.7. The van der Waals surface area contributed by atoms with E-state index in [2.05, 4.69) is 17.2 Å². The summed E-state index contributed by atoms with van der Waals surface area (Å²) in [5.41, 5.74) is 0. The molecule has 0 saturated carbocycles.